The molecule has 0 amide bonds. The van der Waals surface area contributed by atoms with Crippen molar-refractivity contribution in [3.63, 3.8) is 0 Å². The summed E-state index contributed by atoms with van der Waals surface area (Å²) in [5, 5.41) is 12.1. The minimum absolute atomic E-state index is 0.346. The highest BCUT2D eigenvalue weighted by Gasteiger charge is 2.03. The number of phenolic OH excluding ortho intramolecular Hbond substituents is 1. The van der Waals surface area contributed by atoms with E-state index in [4.69, 9.17) is 9.52 Å². The topological polar surface area (TPSA) is 45.4 Å². The van der Waals surface area contributed by atoms with Gasteiger partial charge in [0.15, 0.2) is 11.6 Å². The third kappa shape index (κ3) is 2.78. The van der Waals surface area contributed by atoms with Gasteiger partial charge in [-0.05, 0) is 24.3 Å². The number of hydrogen-bond acceptors (Lipinski definition) is 3. The molecule has 0 saturated carbocycles. The fourth-order valence-corrected chi connectivity index (χ4v) is 1.51. The second-order valence-electron chi connectivity index (χ2n) is 3.74. The molecule has 0 unspecified atom stereocenters. The van der Waals surface area contributed by atoms with Gasteiger partial charge in [-0.25, -0.2) is 4.39 Å². The largest absolute Gasteiger partial charge is 0.505 e. The maximum atomic E-state index is 13.1. The van der Waals surface area contributed by atoms with Crippen LogP contribution in [0.2, 0.25) is 0 Å². The highest BCUT2D eigenvalue weighted by Crippen LogP contribution is 2.20. The molecule has 0 saturated heterocycles. The van der Waals surface area contributed by atoms with E-state index in [0.717, 1.165) is 17.9 Å². The molecular formula is C13H14FNO2. The Morgan fingerprint density at radius 3 is 2.65 bits per heavy atom. The first-order chi connectivity index (χ1) is 8.19. The summed E-state index contributed by atoms with van der Waals surface area (Å²) in [6.45, 7) is 2.51. The minimum atomic E-state index is -0.635. The Morgan fingerprint density at radius 2 is 2.00 bits per heavy atom. The van der Waals surface area contributed by atoms with Crippen LogP contribution in [0.5, 0.6) is 5.75 Å². The van der Waals surface area contributed by atoms with E-state index in [2.05, 4.69) is 5.32 Å². The highest BCUT2D eigenvalue weighted by atomic mass is 19.1. The van der Waals surface area contributed by atoms with Gasteiger partial charge in [-0.15, -0.1) is 0 Å². The van der Waals surface area contributed by atoms with E-state index >= 15 is 0 Å². The molecule has 1 aromatic heterocycles. The van der Waals surface area contributed by atoms with Crippen molar-refractivity contribution in [2.24, 2.45) is 0 Å². The van der Waals surface area contributed by atoms with E-state index in [-0.39, 0.29) is 5.75 Å². The molecule has 3 nitrogen and oxygen atoms in total. The van der Waals surface area contributed by atoms with Gasteiger partial charge in [-0.2, -0.15) is 0 Å². The van der Waals surface area contributed by atoms with Crippen molar-refractivity contribution in [3.8, 4) is 5.75 Å². The van der Waals surface area contributed by atoms with E-state index in [1.54, 1.807) is 6.07 Å². The minimum Gasteiger partial charge on any atom is -0.505 e. The monoisotopic (exact) mass is 235 g/mol. The fraction of sp³-hybridized carbons (Fsp3) is 0.231. The molecule has 0 bridgehead atoms. The van der Waals surface area contributed by atoms with Crippen molar-refractivity contribution in [1.82, 2.24) is 0 Å². The average Bonchev–Trinajstić information content (AvgIpc) is 2.79. The average molecular weight is 235 g/mol. The molecule has 2 aromatic rings. The van der Waals surface area contributed by atoms with E-state index in [1.807, 2.05) is 19.1 Å². The standard InChI is InChI=1S/C13H14FNO2/c1-2-10-4-5-11(17-10)8-15-9-3-6-13(16)12(14)7-9/h3-7,15-16H,2,8H2,1H3. The quantitative estimate of drug-likeness (QED) is 0.799. The van der Waals surface area contributed by atoms with Crippen molar-refractivity contribution >= 4 is 5.69 Å². The van der Waals surface area contributed by atoms with Crippen molar-refractivity contribution < 1.29 is 13.9 Å². The lowest BCUT2D eigenvalue weighted by Gasteiger charge is -2.05. The fourth-order valence-electron chi connectivity index (χ4n) is 1.51. The lowest BCUT2D eigenvalue weighted by atomic mass is 10.3. The van der Waals surface area contributed by atoms with Crippen LogP contribution in [-0.2, 0) is 13.0 Å². The SMILES string of the molecule is CCc1ccc(CNc2ccc(O)c(F)c2)o1. The molecule has 0 aliphatic rings. The zero-order chi connectivity index (χ0) is 12.3. The molecule has 1 heterocycles. The smallest absolute Gasteiger partial charge is 0.166 e. The highest BCUT2D eigenvalue weighted by molar-refractivity contribution is 5.46. The van der Waals surface area contributed by atoms with Crippen molar-refractivity contribution in [1.29, 1.82) is 0 Å². The van der Waals surface area contributed by atoms with Gasteiger partial charge in [0.1, 0.15) is 11.5 Å². The predicted octanol–water partition coefficient (Wildman–Crippen LogP) is 3.30. The second kappa shape index (κ2) is 4.91. The first-order valence-corrected chi connectivity index (χ1v) is 5.49. The molecule has 4 heteroatoms. The summed E-state index contributed by atoms with van der Waals surface area (Å²) in [5.74, 6) is 0.750. The number of rotatable bonds is 4. The summed E-state index contributed by atoms with van der Waals surface area (Å²) in [6.07, 6.45) is 0.855. The van der Waals surface area contributed by atoms with Crippen LogP contribution >= 0.6 is 0 Å². The van der Waals surface area contributed by atoms with Crippen LogP contribution in [0.25, 0.3) is 0 Å². The van der Waals surface area contributed by atoms with Crippen molar-refractivity contribution in [3.05, 3.63) is 47.7 Å². The molecule has 0 spiro atoms. The molecule has 1 aromatic carbocycles. The summed E-state index contributed by atoms with van der Waals surface area (Å²) in [6, 6.07) is 8.00. The predicted molar refractivity (Wildman–Crippen MR) is 63.5 cm³/mol. The van der Waals surface area contributed by atoms with Crippen LogP contribution in [0.15, 0.2) is 34.7 Å². The normalized spacial score (nSPS) is 10.5. The van der Waals surface area contributed by atoms with E-state index < -0.39 is 5.82 Å². The van der Waals surface area contributed by atoms with Gasteiger partial charge < -0.3 is 14.8 Å². The molecule has 2 rings (SSSR count). The summed E-state index contributed by atoms with van der Waals surface area (Å²) in [5.41, 5.74) is 0.606. The number of benzene rings is 1. The summed E-state index contributed by atoms with van der Waals surface area (Å²) < 4.78 is 18.6. The Morgan fingerprint density at radius 1 is 1.24 bits per heavy atom. The molecule has 17 heavy (non-hydrogen) atoms. The molecule has 90 valence electrons. The molecule has 0 fully saturated rings. The van der Waals surface area contributed by atoms with Crippen LogP contribution < -0.4 is 5.32 Å². The van der Waals surface area contributed by atoms with Crippen LogP contribution in [-0.4, -0.2) is 5.11 Å². The lowest BCUT2D eigenvalue weighted by Crippen LogP contribution is -1.98. The van der Waals surface area contributed by atoms with Crippen molar-refractivity contribution in [2.45, 2.75) is 19.9 Å². The summed E-state index contributed by atoms with van der Waals surface area (Å²) in [4.78, 5) is 0. The molecule has 0 aliphatic heterocycles. The van der Waals surface area contributed by atoms with Gasteiger partial charge >= 0.3 is 0 Å². The number of phenols is 1. The van der Waals surface area contributed by atoms with Crippen molar-refractivity contribution in [2.75, 3.05) is 5.32 Å². The Hall–Kier alpha value is -1.97. The Balaban J connectivity index is 1.99. The zero-order valence-electron chi connectivity index (χ0n) is 9.53. The molecular weight excluding hydrogens is 221 g/mol. The molecule has 2 N–H and O–H groups in total. The first kappa shape index (κ1) is 11.5. The summed E-state index contributed by atoms with van der Waals surface area (Å²) in [7, 11) is 0. The van der Waals surface area contributed by atoms with E-state index in [0.29, 0.717) is 12.2 Å². The maximum absolute atomic E-state index is 13.1. The lowest BCUT2D eigenvalue weighted by molar-refractivity contribution is 0.432. The number of halogens is 1. The van der Waals surface area contributed by atoms with Crippen LogP contribution in [0, 0.1) is 5.82 Å². The second-order valence-corrected chi connectivity index (χ2v) is 3.74. The van der Waals surface area contributed by atoms with Crippen LogP contribution in [0.3, 0.4) is 0 Å². The van der Waals surface area contributed by atoms with Gasteiger partial charge in [0, 0.05) is 18.2 Å². The first-order valence-electron chi connectivity index (χ1n) is 5.49. The number of nitrogens with one attached hydrogen (secondary N) is 1. The number of hydrogen-bond donors (Lipinski definition) is 2. The Kier molecular flexibility index (Phi) is 3.32. The zero-order valence-corrected chi connectivity index (χ0v) is 9.53. The van der Waals surface area contributed by atoms with Gasteiger partial charge in [0.25, 0.3) is 0 Å². The van der Waals surface area contributed by atoms with Crippen LogP contribution in [0.4, 0.5) is 10.1 Å². The van der Waals surface area contributed by atoms with Gasteiger partial charge in [-0.3, -0.25) is 0 Å². The Labute approximate surface area is 98.9 Å². The van der Waals surface area contributed by atoms with E-state index in [1.165, 1.54) is 12.1 Å². The third-order valence-electron chi connectivity index (χ3n) is 2.48. The number of furan rings is 1. The van der Waals surface area contributed by atoms with E-state index in [9.17, 15) is 4.39 Å². The van der Waals surface area contributed by atoms with Gasteiger partial charge in [-0.1, -0.05) is 6.92 Å². The van der Waals surface area contributed by atoms with Gasteiger partial charge in [0.05, 0.1) is 6.54 Å². The Bertz CT molecular complexity index is 508. The molecule has 0 radical (unpaired) electrons. The van der Waals surface area contributed by atoms with Gasteiger partial charge in [0.2, 0.25) is 0 Å². The van der Waals surface area contributed by atoms with Crippen LogP contribution in [0.1, 0.15) is 18.4 Å². The molecule has 0 atom stereocenters. The molecule has 0 aliphatic carbocycles. The number of anilines is 1. The summed E-state index contributed by atoms with van der Waals surface area (Å²) >= 11 is 0. The number of aryl methyl sites for hydroxylation is 1. The maximum Gasteiger partial charge on any atom is 0.166 e. The third-order valence-corrected chi connectivity index (χ3v) is 2.48. The number of aromatic hydroxyl groups is 1.